The van der Waals surface area contributed by atoms with Crippen LogP contribution in [0.2, 0.25) is 0 Å². The Kier molecular flexibility index (Phi) is 14.9. The first-order valence-corrected chi connectivity index (χ1v) is 12.0. The summed E-state index contributed by atoms with van der Waals surface area (Å²) in [6.07, 6.45) is 6.46. The summed E-state index contributed by atoms with van der Waals surface area (Å²) in [6, 6.07) is 8.39. The van der Waals surface area contributed by atoms with Crippen molar-refractivity contribution in [3.8, 4) is 0 Å². The maximum atomic E-state index is 12.6. The van der Waals surface area contributed by atoms with Gasteiger partial charge in [0.15, 0.2) is 0 Å². The molecule has 32 heavy (non-hydrogen) atoms. The Morgan fingerprint density at radius 2 is 2.00 bits per heavy atom. The highest BCUT2D eigenvalue weighted by molar-refractivity contribution is 8.02. The lowest BCUT2D eigenvalue weighted by atomic mass is 10.0. The van der Waals surface area contributed by atoms with Crippen molar-refractivity contribution in [3.63, 3.8) is 0 Å². The molecule has 0 bridgehead atoms. The van der Waals surface area contributed by atoms with Gasteiger partial charge in [0.2, 0.25) is 5.91 Å². The van der Waals surface area contributed by atoms with Gasteiger partial charge in [0.1, 0.15) is 0 Å². The first kappa shape index (κ1) is 27.7. The van der Waals surface area contributed by atoms with Crippen LogP contribution >= 0.6 is 11.8 Å². The third-order valence-corrected chi connectivity index (χ3v) is 5.46. The summed E-state index contributed by atoms with van der Waals surface area (Å²) in [7, 11) is 0. The number of amides is 1. The highest BCUT2D eigenvalue weighted by atomic mass is 32.2. The van der Waals surface area contributed by atoms with Crippen LogP contribution in [0, 0.1) is 5.92 Å². The first-order valence-electron chi connectivity index (χ1n) is 11.2. The quantitative estimate of drug-likeness (QED) is 0.266. The van der Waals surface area contributed by atoms with Gasteiger partial charge >= 0.3 is 0 Å². The fourth-order valence-corrected chi connectivity index (χ4v) is 3.90. The number of ether oxygens (including phenoxy) is 2. The van der Waals surface area contributed by atoms with Crippen molar-refractivity contribution in [2.24, 2.45) is 10.9 Å². The van der Waals surface area contributed by atoms with E-state index in [1.807, 2.05) is 26.0 Å². The normalized spacial score (nSPS) is 13.6. The number of allylic oxidation sites excluding steroid dienone is 2. The third kappa shape index (κ3) is 10.3. The van der Waals surface area contributed by atoms with Crippen LogP contribution in [0.25, 0.3) is 0 Å². The molecule has 0 fully saturated rings. The second-order valence-corrected chi connectivity index (χ2v) is 7.82. The van der Waals surface area contributed by atoms with E-state index in [1.54, 1.807) is 18.7 Å². The molecular formula is C25H36N2O4S. The lowest BCUT2D eigenvalue weighted by Crippen LogP contribution is -2.32. The molecule has 0 saturated carbocycles. The van der Waals surface area contributed by atoms with Crippen molar-refractivity contribution in [1.82, 2.24) is 5.32 Å². The molecule has 1 amide bonds. The average molecular weight is 461 g/mol. The van der Waals surface area contributed by atoms with Gasteiger partial charge in [-0.15, -0.1) is 0 Å². The summed E-state index contributed by atoms with van der Waals surface area (Å²) in [4.78, 5) is 27.9. The van der Waals surface area contributed by atoms with Crippen LogP contribution in [-0.2, 0) is 19.1 Å². The summed E-state index contributed by atoms with van der Waals surface area (Å²) in [6.45, 7) is 10.5. The molecule has 176 valence electrons. The van der Waals surface area contributed by atoms with E-state index in [1.165, 1.54) is 10.5 Å². The molecule has 1 N–H and O–H groups in total. The lowest BCUT2D eigenvalue weighted by molar-refractivity contribution is -0.128. The molecule has 1 aromatic rings. The summed E-state index contributed by atoms with van der Waals surface area (Å²) >= 11 is 1.69. The van der Waals surface area contributed by atoms with Gasteiger partial charge in [0.25, 0.3) is 6.47 Å². The highest BCUT2D eigenvalue weighted by Crippen LogP contribution is 2.32. The Morgan fingerprint density at radius 1 is 1.22 bits per heavy atom. The summed E-state index contributed by atoms with van der Waals surface area (Å²) < 4.78 is 9.45. The number of nitrogens with zero attached hydrogens (tertiary/aromatic N) is 1. The minimum absolute atomic E-state index is 0.0210. The molecule has 0 radical (unpaired) electrons. The van der Waals surface area contributed by atoms with E-state index in [-0.39, 0.29) is 11.8 Å². The molecule has 0 spiro atoms. The first-order chi connectivity index (χ1) is 15.6. The van der Waals surface area contributed by atoms with Gasteiger partial charge in [-0.3, -0.25) is 14.6 Å². The number of aliphatic imine (C=N–C) groups is 1. The van der Waals surface area contributed by atoms with Crippen LogP contribution in [-0.4, -0.2) is 44.5 Å². The van der Waals surface area contributed by atoms with E-state index < -0.39 is 0 Å². The molecule has 0 aromatic heterocycles. The van der Waals surface area contributed by atoms with Crippen LogP contribution in [0.3, 0.4) is 0 Å². The second kappa shape index (κ2) is 17.2. The van der Waals surface area contributed by atoms with Crippen LogP contribution in [0.4, 0.5) is 0 Å². The van der Waals surface area contributed by atoms with Crippen molar-refractivity contribution in [2.75, 3.05) is 26.4 Å². The van der Waals surface area contributed by atoms with E-state index in [0.717, 1.165) is 24.3 Å². The van der Waals surface area contributed by atoms with Gasteiger partial charge in [-0.1, -0.05) is 55.5 Å². The number of hydrogen-bond acceptors (Lipinski definition) is 6. The van der Waals surface area contributed by atoms with Crippen molar-refractivity contribution in [3.05, 3.63) is 53.1 Å². The topological polar surface area (TPSA) is 77.0 Å². The molecule has 1 aromatic carbocycles. The SMILES string of the molecule is C/C=C\C(CC1=CSc2ccccc2C(CCC)=N1)C(=O)NCCOCC.CCOC=O. The predicted octanol–water partition coefficient (Wildman–Crippen LogP) is 5.14. The second-order valence-electron chi connectivity index (χ2n) is 6.91. The number of hydrogen-bond donors (Lipinski definition) is 1. The molecule has 1 heterocycles. The Balaban J connectivity index is 0.000000920. The van der Waals surface area contributed by atoms with Gasteiger partial charge in [0, 0.05) is 41.4 Å². The van der Waals surface area contributed by atoms with Gasteiger partial charge in [0.05, 0.1) is 19.1 Å². The Morgan fingerprint density at radius 3 is 2.62 bits per heavy atom. The molecule has 6 nitrogen and oxygen atoms in total. The van der Waals surface area contributed by atoms with Crippen LogP contribution in [0.1, 0.15) is 52.5 Å². The van der Waals surface area contributed by atoms with Crippen LogP contribution in [0.5, 0.6) is 0 Å². The number of rotatable bonds is 12. The van der Waals surface area contributed by atoms with E-state index in [2.05, 4.69) is 46.7 Å². The van der Waals surface area contributed by atoms with Gasteiger partial charge in [-0.25, -0.2) is 0 Å². The van der Waals surface area contributed by atoms with Crippen LogP contribution in [0.15, 0.2) is 57.4 Å². The molecule has 0 aliphatic carbocycles. The molecule has 2 rings (SSSR count). The standard InChI is InChI=1S/C22H30N2O2S.C3H6O2/c1-4-9-17(22(25)23-13-14-26-6-3)15-18-16-27-21-12-8-7-11-19(21)20(24-18)10-5-2;1-2-5-3-4/h4,7-9,11-12,16-17H,5-6,10,13-15H2,1-3H3,(H,23,25);3H,2H2,1H3/b9-4-;. The zero-order chi connectivity index (χ0) is 23.6. The number of thioether (sulfide) groups is 1. The molecule has 1 atom stereocenters. The minimum atomic E-state index is -0.226. The number of nitrogens with one attached hydrogen (secondary N) is 1. The smallest absolute Gasteiger partial charge is 0.293 e. The van der Waals surface area contributed by atoms with Crippen molar-refractivity contribution in [1.29, 1.82) is 0 Å². The summed E-state index contributed by atoms with van der Waals surface area (Å²) in [5, 5.41) is 5.05. The van der Waals surface area contributed by atoms with Crippen molar-refractivity contribution >= 4 is 29.9 Å². The van der Waals surface area contributed by atoms with Gasteiger partial charge in [-0.2, -0.15) is 0 Å². The average Bonchev–Trinajstić information content (AvgIpc) is 2.97. The van der Waals surface area contributed by atoms with Gasteiger partial charge in [-0.05, 0) is 38.7 Å². The van der Waals surface area contributed by atoms with Crippen molar-refractivity contribution in [2.45, 2.75) is 51.9 Å². The number of fused-ring (bicyclic) bond motifs is 1. The third-order valence-electron chi connectivity index (χ3n) is 4.46. The van der Waals surface area contributed by atoms with Gasteiger partial charge < -0.3 is 14.8 Å². The zero-order valence-corrected chi connectivity index (χ0v) is 20.5. The molecular weight excluding hydrogens is 424 g/mol. The Hall–Kier alpha value is -2.38. The highest BCUT2D eigenvalue weighted by Gasteiger charge is 2.19. The molecule has 7 heteroatoms. The number of carbonyl (C=O) groups is 2. The maximum Gasteiger partial charge on any atom is 0.293 e. The van der Waals surface area contributed by atoms with Crippen molar-refractivity contribution < 1.29 is 19.1 Å². The molecule has 1 aliphatic heterocycles. The zero-order valence-electron chi connectivity index (χ0n) is 19.6. The Bertz CT molecular complexity index is 790. The molecule has 1 unspecified atom stereocenters. The maximum absolute atomic E-state index is 12.6. The van der Waals surface area contributed by atoms with E-state index >= 15 is 0 Å². The van der Waals surface area contributed by atoms with Crippen LogP contribution < -0.4 is 5.32 Å². The van der Waals surface area contributed by atoms with E-state index in [4.69, 9.17) is 9.73 Å². The summed E-state index contributed by atoms with van der Waals surface area (Å²) in [5.74, 6) is -0.205. The molecule has 1 aliphatic rings. The molecule has 0 saturated heterocycles. The predicted molar refractivity (Wildman–Crippen MR) is 132 cm³/mol. The fraction of sp³-hybridized carbons (Fsp3) is 0.480. The fourth-order valence-electron chi connectivity index (χ4n) is 3.02. The minimum Gasteiger partial charge on any atom is -0.468 e. The van der Waals surface area contributed by atoms with E-state index in [9.17, 15) is 9.59 Å². The van der Waals surface area contributed by atoms with E-state index in [0.29, 0.717) is 39.3 Å². The number of carbonyl (C=O) groups excluding carboxylic acids is 2. The monoisotopic (exact) mass is 460 g/mol. The lowest BCUT2D eigenvalue weighted by Gasteiger charge is -2.14. The Labute approximate surface area is 196 Å². The number of benzene rings is 1. The summed E-state index contributed by atoms with van der Waals surface area (Å²) in [5.41, 5.74) is 3.28. The largest absolute Gasteiger partial charge is 0.468 e.